The SMILES string of the molecule is COC(=O)CCCCCNC(=O)c1cc2ccccc2o1. The number of carbonyl (C=O) groups excluding carboxylic acids is 2. The minimum atomic E-state index is -0.209. The largest absolute Gasteiger partial charge is 0.469 e. The maximum atomic E-state index is 11.9. The highest BCUT2D eigenvalue weighted by Gasteiger charge is 2.11. The highest BCUT2D eigenvalue weighted by Crippen LogP contribution is 2.18. The number of nitrogens with one attached hydrogen (secondary N) is 1. The molecule has 0 saturated heterocycles. The molecule has 0 saturated carbocycles. The summed E-state index contributed by atoms with van der Waals surface area (Å²) >= 11 is 0. The lowest BCUT2D eigenvalue weighted by Crippen LogP contribution is -2.23. The Bertz CT molecular complexity index is 585. The summed E-state index contributed by atoms with van der Waals surface area (Å²) in [4.78, 5) is 22.8. The Morgan fingerprint density at radius 3 is 2.76 bits per heavy atom. The summed E-state index contributed by atoms with van der Waals surface area (Å²) in [5.41, 5.74) is 0.709. The van der Waals surface area contributed by atoms with E-state index in [0.29, 0.717) is 24.3 Å². The van der Waals surface area contributed by atoms with Crippen molar-refractivity contribution in [2.75, 3.05) is 13.7 Å². The van der Waals surface area contributed by atoms with Crippen LogP contribution >= 0.6 is 0 Å². The molecule has 0 atom stereocenters. The van der Waals surface area contributed by atoms with Crippen molar-refractivity contribution in [1.82, 2.24) is 5.32 Å². The number of methoxy groups -OCH3 is 1. The summed E-state index contributed by atoms with van der Waals surface area (Å²) in [6, 6.07) is 9.25. The second-order valence-corrected chi connectivity index (χ2v) is 4.79. The lowest BCUT2D eigenvalue weighted by molar-refractivity contribution is -0.140. The predicted molar refractivity (Wildman–Crippen MR) is 79.0 cm³/mol. The second kappa shape index (κ2) is 7.47. The highest BCUT2D eigenvalue weighted by molar-refractivity contribution is 5.95. The van der Waals surface area contributed by atoms with Gasteiger partial charge in [0.25, 0.3) is 5.91 Å². The average molecular weight is 289 g/mol. The van der Waals surface area contributed by atoms with Gasteiger partial charge in [0.1, 0.15) is 5.58 Å². The molecule has 5 nitrogen and oxygen atoms in total. The Labute approximate surface area is 123 Å². The van der Waals surface area contributed by atoms with Crippen LogP contribution in [0.1, 0.15) is 36.2 Å². The molecule has 1 amide bonds. The van der Waals surface area contributed by atoms with E-state index in [1.54, 1.807) is 6.07 Å². The minimum Gasteiger partial charge on any atom is -0.469 e. The molecule has 0 fully saturated rings. The van der Waals surface area contributed by atoms with Crippen molar-refractivity contribution in [3.8, 4) is 0 Å². The van der Waals surface area contributed by atoms with E-state index >= 15 is 0 Å². The van der Waals surface area contributed by atoms with Crippen LogP contribution in [0.2, 0.25) is 0 Å². The van der Waals surface area contributed by atoms with Gasteiger partial charge in [0.05, 0.1) is 7.11 Å². The van der Waals surface area contributed by atoms with Crippen LogP contribution in [0.15, 0.2) is 34.7 Å². The number of furan rings is 1. The molecule has 21 heavy (non-hydrogen) atoms. The fourth-order valence-electron chi connectivity index (χ4n) is 2.06. The van der Waals surface area contributed by atoms with Gasteiger partial charge in [0.15, 0.2) is 5.76 Å². The van der Waals surface area contributed by atoms with Crippen LogP contribution in [-0.4, -0.2) is 25.5 Å². The highest BCUT2D eigenvalue weighted by atomic mass is 16.5. The van der Waals surface area contributed by atoms with Crippen molar-refractivity contribution < 1.29 is 18.7 Å². The number of esters is 1. The molecule has 0 aliphatic rings. The van der Waals surface area contributed by atoms with Gasteiger partial charge in [-0.1, -0.05) is 24.6 Å². The molecule has 0 bridgehead atoms. The maximum Gasteiger partial charge on any atom is 0.305 e. The molecule has 0 unspecified atom stereocenters. The van der Waals surface area contributed by atoms with E-state index in [0.717, 1.165) is 24.6 Å². The number of para-hydroxylation sites is 1. The zero-order chi connectivity index (χ0) is 15.1. The van der Waals surface area contributed by atoms with Gasteiger partial charge >= 0.3 is 5.97 Å². The van der Waals surface area contributed by atoms with Crippen molar-refractivity contribution >= 4 is 22.8 Å². The molecule has 1 N–H and O–H groups in total. The van der Waals surface area contributed by atoms with Gasteiger partial charge in [-0.25, -0.2) is 0 Å². The quantitative estimate of drug-likeness (QED) is 0.628. The third kappa shape index (κ3) is 4.34. The Morgan fingerprint density at radius 2 is 2.00 bits per heavy atom. The summed E-state index contributed by atoms with van der Waals surface area (Å²) in [6.07, 6.45) is 2.89. The molecular formula is C16H19NO4. The number of carbonyl (C=O) groups is 2. The number of unbranched alkanes of at least 4 members (excludes halogenated alkanes) is 2. The normalized spacial score (nSPS) is 10.5. The maximum absolute atomic E-state index is 11.9. The minimum absolute atomic E-state index is 0.193. The fourth-order valence-corrected chi connectivity index (χ4v) is 2.06. The first kappa shape index (κ1) is 15.1. The number of hydrogen-bond acceptors (Lipinski definition) is 4. The van der Waals surface area contributed by atoms with Crippen molar-refractivity contribution in [1.29, 1.82) is 0 Å². The second-order valence-electron chi connectivity index (χ2n) is 4.79. The van der Waals surface area contributed by atoms with E-state index < -0.39 is 0 Å². The zero-order valence-electron chi connectivity index (χ0n) is 12.1. The van der Waals surface area contributed by atoms with Gasteiger partial charge in [0.2, 0.25) is 0 Å². The standard InChI is InChI=1S/C16H19NO4/c1-20-15(18)9-3-2-6-10-17-16(19)14-11-12-7-4-5-8-13(12)21-14/h4-5,7-8,11H,2-3,6,9-10H2,1H3,(H,17,19). The molecule has 1 aromatic heterocycles. The first-order valence-corrected chi connectivity index (χ1v) is 7.04. The molecule has 1 heterocycles. The summed E-state index contributed by atoms with van der Waals surface area (Å²) in [6.45, 7) is 0.567. The third-order valence-corrected chi connectivity index (χ3v) is 3.22. The summed E-state index contributed by atoms with van der Waals surface area (Å²) in [7, 11) is 1.38. The van der Waals surface area contributed by atoms with Gasteiger partial charge < -0.3 is 14.5 Å². The molecule has 2 rings (SSSR count). The Balaban J connectivity index is 1.71. The van der Waals surface area contributed by atoms with Crippen molar-refractivity contribution in [2.24, 2.45) is 0 Å². The van der Waals surface area contributed by atoms with E-state index in [4.69, 9.17) is 4.42 Å². The average Bonchev–Trinajstić information content (AvgIpc) is 2.94. The van der Waals surface area contributed by atoms with E-state index in [1.807, 2.05) is 24.3 Å². The lowest BCUT2D eigenvalue weighted by Gasteiger charge is -2.03. The van der Waals surface area contributed by atoms with Crippen molar-refractivity contribution in [3.05, 3.63) is 36.1 Å². The number of rotatable bonds is 7. The topological polar surface area (TPSA) is 68.5 Å². The van der Waals surface area contributed by atoms with E-state index in [-0.39, 0.29) is 11.9 Å². The third-order valence-electron chi connectivity index (χ3n) is 3.22. The van der Waals surface area contributed by atoms with Gasteiger partial charge in [0, 0.05) is 18.4 Å². The molecular weight excluding hydrogens is 270 g/mol. The van der Waals surface area contributed by atoms with Gasteiger partial charge in [-0.05, 0) is 25.0 Å². The number of amides is 1. The number of hydrogen-bond donors (Lipinski definition) is 1. The van der Waals surface area contributed by atoms with Crippen LogP contribution in [0, 0.1) is 0 Å². The molecule has 0 aliphatic heterocycles. The number of ether oxygens (including phenoxy) is 1. The van der Waals surface area contributed by atoms with Crippen LogP contribution < -0.4 is 5.32 Å². The molecule has 0 spiro atoms. The van der Waals surface area contributed by atoms with Gasteiger partial charge in [-0.3, -0.25) is 9.59 Å². The fraction of sp³-hybridized carbons (Fsp3) is 0.375. The predicted octanol–water partition coefficient (Wildman–Crippen LogP) is 2.90. The Hall–Kier alpha value is -2.30. The Morgan fingerprint density at radius 1 is 1.19 bits per heavy atom. The summed E-state index contributed by atoms with van der Waals surface area (Å²) in [5, 5.41) is 3.73. The molecule has 1 aromatic carbocycles. The van der Waals surface area contributed by atoms with Crippen LogP contribution in [0.4, 0.5) is 0 Å². The molecule has 112 valence electrons. The van der Waals surface area contributed by atoms with E-state index in [9.17, 15) is 9.59 Å². The molecule has 5 heteroatoms. The number of benzene rings is 1. The van der Waals surface area contributed by atoms with Crippen LogP contribution in [-0.2, 0) is 9.53 Å². The molecule has 2 aromatic rings. The van der Waals surface area contributed by atoms with Crippen LogP contribution in [0.5, 0.6) is 0 Å². The van der Waals surface area contributed by atoms with Crippen molar-refractivity contribution in [2.45, 2.75) is 25.7 Å². The molecule has 0 aliphatic carbocycles. The first-order valence-electron chi connectivity index (χ1n) is 7.04. The summed E-state index contributed by atoms with van der Waals surface area (Å²) in [5.74, 6) is -0.0776. The van der Waals surface area contributed by atoms with Gasteiger partial charge in [-0.2, -0.15) is 0 Å². The molecule has 0 radical (unpaired) electrons. The monoisotopic (exact) mass is 289 g/mol. The van der Waals surface area contributed by atoms with Gasteiger partial charge in [-0.15, -0.1) is 0 Å². The van der Waals surface area contributed by atoms with Crippen molar-refractivity contribution in [3.63, 3.8) is 0 Å². The smallest absolute Gasteiger partial charge is 0.305 e. The van der Waals surface area contributed by atoms with Crippen LogP contribution in [0.3, 0.4) is 0 Å². The van der Waals surface area contributed by atoms with E-state index in [2.05, 4.69) is 10.1 Å². The lowest BCUT2D eigenvalue weighted by atomic mass is 10.2. The Kier molecular flexibility index (Phi) is 5.37. The first-order chi connectivity index (χ1) is 10.2. The van der Waals surface area contributed by atoms with Crippen LogP contribution in [0.25, 0.3) is 11.0 Å². The summed E-state index contributed by atoms with van der Waals surface area (Å²) < 4.78 is 10.0. The van der Waals surface area contributed by atoms with E-state index in [1.165, 1.54) is 7.11 Å². The number of fused-ring (bicyclic) bond motifs is 1. The zero-order valence-corrected chi connectivity index (χ0v) is 12.1.